The number of hydrogen-bond donors (Lipinski definition) is 1. The first-order valence-corrected chi connectivity index (χ1v) is 8.58. The largest absolute Gasteiger partial charge is 0.480 e. The molecule has 1 fully saturated rings. The minimum atomic E-state index is -0.700. The van der Waals surface area contributed by atoms with E-state index in [-0.39, 0.29) is 12.1 Å². The van der Waals surface area contributed by atoms with Gasteiger partial charge in [-0.15, -0.1) is 11.3 Å². The average molecular weight is 315 g/mol. The Hall–Kier alpha value is -1.65. The summed E-state index contributed by atoms with van der Waals surface area (Å²) in [5.41, 5.74) is 1.18. The van der Waals surface area contributed by atoms with Crippen molar-refractivity contribution in [2.45, 2.75) is 38.3 Å². The van der Waals surface area contributed by atoms with Crippen molar-refractivity contribution >= 4 is 17.3 Å². The minimum Gasteiger partial charge on any atom is -0.480 e. The van der Waals surface area contributed by atoms with Crippen molar-refractivity contribution < 1.29 is 9.90 Å². The summed E-state index contributed by atoms with van der Waals surface area (Å²) in [5, 5.41) is 9.62. The highest BCUT2D eigenvalue weighted by Gasteiger charge is 2.35. The highest BCUT2D eigenvalue weighted by molar-refractivity contribution is 7.12. The zero-order valence-electron chi connectivity index (χ0n) is 12.7. The van der Waals surface area contributed by atoms with E-state index in [9.17, 15) is 9.90 Å². The van der Waals surface area contributed by atoms with Gasteiger partial charge in [-0.05, 0) is 44.0 Å². The Morgan fingerprint density at radius 3 is 2.64 bits per heavy atom. The first-order valence-electron chi connectivity index (χ1n) is 7.76. The zero-order chi connectivity index (χ0) is 15.5. The highest BCUT2D eigenvalue weighted by Crippen LogP contribution is 2.37. The number of benzene rings is 1. The second kappa shape index (κ2) is 6.63. The molecule has 1 aliphatic heterocycles. The van der Waals surface area contributed by atoms with Crippen LogP contribution in [0.4, 0.5) is 0 Å². The Labute approximate surface area is 135 Å². The number of carbonyl (C=O) groups is 1. The number of rotatable bonds is 4. The first-order chi connectivity index (χ1) is 10.7. The van der Waals surface area contributed by atoms with E-state index in [0.717, 1.165) is 25.8 Å². The fraction of sp³-hybridized carbons (Fsp3) is 0.389. The Morgan fingerprint density at radius 1 is 1.23 bits per heavy atom. The maximum Gasteiger partial charge on any atom is 0.320 e. The van der Waals surface area contributed by atoms with E-state index < -0.39 is 5.97 Å². The van der Waals surface area contributed by atoms with Crippen molar-refractivity contribution in [3.63, 3.8) is 0 Å². The summed E-state index contributed by atoms with van der Waals surface area (Å²) in [6.45, 7) is 2.94. The SMILES string of the molecule is Cc1ccc(C(c2ccccc2)N2CCCCC2C(=O)O)s1. The molecule has 0 saturated carbocycles. The number of likely N-dealkylation sites (tertiary alicyclic amines) is 1. The van der Waals surface area contributed by atoms with Crippen LogP contribution in [-0.2, 0) is 4.79 Å². The molecule has 2 unspecified atom stereocenters. The van der Waals surface area contributed by atoms with Crippen LogP contribution in [0.15, 0.2) is 42.5 Å². The number of carboxylic acid groups (broad SMARTS) is 1. The lowest BCUT2D eigenvalue weighted by Gasteiger charge is -2.39. The Morgan fingerprint density at radius 2 is 2.00 bits per heavy atom. The molecule has 3 nitrogen and oxygen atoms in total. The fourth-order valence-corrected chi connectivity index (χ4v) is 4.31. The lowest BCUT2D eigenvalue weighted by atomic mass is 9.95. The van der Waals surface area contributed by atoms with Crippen LogP contribution in [0, 0.1) is 6.92 Å². The second-order valence-electron chi connectivity index (χ2n) is 5.85. The van der Waals surface area contributed by atoms with Gasteiger partial charge in [-0.1, -0.05) is 36.8 Å². The van der Waals surface area contributed by atoms with E-state index in [1.54, 1.807) is 11.3 Å². The average Bonchev–Trinajstić information content (AvgIpc) is 2.95. The third-order valence-corrected chi connectivity index (χ3v) is 5.36. The van der Waals surface area contributed by atoms with Crippen LogP contribution in [0.25, 0.3) is 0 Å². The van der Waals surface area contributed by atoms with Crippen LogP contribution < -0.4 is 0 Å². The van der Waals surface area contributed by atoms with Gasteiger partial charge in [0.05, 0.1) is 6.04 Å². The molecule has 2 atom stereocenters. The van der Waals surface area contributed by atoms with E-state index in [0.29, 0.717) is 0 Å². The van der Waals surface area contributed by atoms with Crippen molar-refractivity contribution in [3.05, 3.63) is 57.8 Å². The number of piperidine rings is 1. The molecule has 22 heavy (non-hydrogen) atoms. The van der Waals surface area contributed by atoms with Gasteiger partial charge >= 0.3 is 5.97 Å². The molecule has 0 amide bonds. The predicted molar refractivity (Wildman–Crippen MR) is 89.3 cm³/mol. The lowest BCUT2D eigenvalue weighted by molar-refractivity contribution is -0.145. The summed E-state index contributed by atoms with van der Waals surface area (Å²) in [4.78, 5) is 16.4. The van der Waals surface area contributed by atoms with Gasteiger partial charge in [-0.25, -0.2) is 0 Å². The molecule has 1 N–H and O–H groups in total. The molecule has 116 valence electrons. The molecule has 0 spiro atoms. The highest BCUT2D eigenvalue weighted by atomic mass is 32.1. The minimum absolute atomic E-state index is 0.0429. The number of hydrogen-bond acceptors (Lipinski definition) is 3. The molecule has 0 aliphatic carbocycles. The maximum absolute atomic E-state index is 11.7. The van der Waals surface area contributed by atoms with Gasteiger partial charge in [0.1, 0.15) is 6.04 Å². The molecule has 3 rings (SSSR count). The van der Waals surface area contributed by atoms with E-state index >= 15 is 0 Å². The predicted octanol–water partition coefficient (Wildman–Crippen LogP) is 4.09. The van der Waals surface area contributed by atoms with Crippen LogP contribution in [0.2, 0.25) is 0 Å². The number of aliphatic carboxylic acids is 1. The Balaban J connectivity index is 2.02. The topological polar surface area (TPSA) is 40.5 Å². The standard InChI is InChI=1S/C18H21NO2S/c1-13-10-11-16(22-13)17(14-7-3-2-4-8-14)19-12-6-5-9-15(19)18(20)21/h2-4,7-8,10-11,15,17H,5-6,9,12H2,1H3,(H,20,21). The smallest absolute Gasteiger partial charge is 0.320 e. The van der Waals surface area contributed by atoms with E-state index in [2.05, 4.69) is 36.1 Å². The van der Waals surface area contributed by atoms with Crippen molar-refractivity contribution in [1.82, 2.24) is 4.90 Å². The third-order valence-electron chi connectivity index (χ3n) is 4.31. The van der Waals surface area contributed by atoms with Crippen molar-refractivity contribution in [1.29, 1.82) is 0 Å². The zero-order valence-corrected chi connectivity index (χ0v) is 13.6. The normalized spacial score (nSPS) is 20.7. The van der Waals surface area contributed by atoms with Gasteiger partial charge in [-0.3, -0.25) is 9.69 Å². The molecule has 1 saturated heterocycles. The van der Waals surface area contributed by atoms with Gasteiger partial charge in [0.25, 0.3) is 0 Å². The summed E-state index contributed by atoms with van der Waals surface area (Å²) in [6, 6.07) is 14.2. The molecule has 0 bridgehead atoms. The number of nitrogens with zero attached hydrogens (tertiary/aromatic N) is 1. The second-order valence-corrected chi connectivity index (χ2v) is 7.17. The number of carboxylic acids is 1. The summed E-state index contributed by atoms with van der Waals surface area (Å²) in [6.07, 6.45) is 2.80. The summed E-state index contributed by atoms with van der Waals surface area (Å²) in [7, 11) is 0. The summed E-state index contributed by atoms with van der Waals surface area (Å²) < 4.78 is 0. The molecule has 4 heteroatoms. The van der Waals surface area contributed by atoms with Gasteiger partial charge in [-0.2, -0.15) is 0 Å². The van der Waals surface area contributed by atoms with Crippen LogP contribution in [-0.4, -0.2) is 28.6 Å². The summed E-state index contributed by atoms with van der Waals surface area (Å²) >= 11 is 1.76. The van der Waals surface area contributed by atoms with Gasteiger partial charge < -0.3 is 5.11 Å². The quantitative estimate of drug-likeness (QED) is 0.924. The van der Waals surface area contributed by atoms with E-state index in [4.69, 9.17) is 0 Å². The fourth-order valence-electron chi connectivity index (χ4n) is 3.28. The van der Waals surface area contributed by atoms with Crippen molar-refractivity contribution in [2.24, 2.45) is 0 Å². The van der Waals surface area contributed by atoms with Crippen LogP contribution in [0.1, 0.15) is 40.6 Å². The lowest BCUT2D eigenvalue weighted by Crippen LogP contribution is -2.46. The van der Waals surface area contributed by atoms with Crippen LogP contribution in [0.5, 0.6) is 0 Å². The van der Waals surface area contributed by atoms with Crippen molar-refractivity contribution in [3.8, 4) is 0 Å². The van der Waals surface area contributed by atoms with Gasteiger partial charge in [0.2, 0.25) is 0 Å². The molecular formula is C18H21NO2S. The Kier molecular flexibility index (Phi) is 4.60. The molecule has 1 aliphatic rings. The first kappa shape index (κ1) is 15.3. The molecular weight excluding hydrogens is 294 g/mol. The third kappa shape index (κ3) is 3.08. The van der Waals surface area contributed by atoms with Gasteiger partial charge in [0.15, 0.2) is 0 Å². The van der Waals surface area contributed by atoms with E-state index in [1.807, 2.05) is 18.2 Å². The summed E-state index contributed by atoms with van der Waals surface area (Å²) in [5.74, 6) is -0.700. The van der Waals surface area contributed by atoms with Gasteiger partial charge in [0, 0.05) is 9.75 Å². The molecule has 1 aromatic heterocycles. The molecule has 2 heterocycles. The maximum atomic E-state index is 11.7. The molecule has 0 radical (unpaired) electrons. The number of thiophene rings is 1. The number of aryl methyl sites for hydroxylation is 1. The van der Waals surface area contributed by atoms with E-state index in [1.165, 1.54) is 15.3 Å². The van der Waals surface area contributed by atoms with Crippen LogP contribution in [0.3, 0.4) is 0 Å². The monoisotopic (exact) mass is 315 g/mol. The molecule has 2 aromatic rings. The Bertz CT molecular complexity index is 638. The molecule has 1 aromatic carbocycles. The van der Waals surface area contributed by atoms with Crippen LogP contribution >= 0.6 is 11.3 Å². The van der Waals surface area contributed by atoms with Crippen molar-refractivity contribution in [2.75, 3.05) is 6.54 Å².